The number of benzene rings is 3. The molecule has 25 heavy (non-hydrogen) atoms. The van der Waals surface area contributed by atoms with E-state index in [0.29, 0.717) is 10.0 Å². The number of rotatable bonds is 3. The number of halogens is 3. The lowest BCUT2D eigenvalue weighted by atomic mass is 10.1. The van der Waals surface area contributed by atoms with Crippen LogP contribution in [0.3, 0.4) is 0 Å². The molecule has 0 aliphatic rings. The number of H-pyrrole nitrogens is 1. The molecule has 0 bridgehead atoms. The molecule has 2 nitrogen and oxygen atoms in total. The first-order valence-corrected chi connectivity index (χ1v) is 9.15. The van der Waals surface area contributed by atoms with Gasteiger partial charge in [-0.2, -0.15) is 0 Å². The molecule has 0 radical (unpaired) electrons. The molecule has 0 saturated carbocycles. The molecule has 4 aromatic rings. The van der Waals surface area contributed by atoms with Crippen molar-refractivity contribution >= 4 is 50.0 Å². The van der Waals surface area contributed by atoms with E-state index in [9.17, 15) is 0 Å². The van der Waals surface area contributed by atoms with Crippen molar-refractivity contribution < 1.29 is 4.74 Å². The van der Waals surface area contributed by atoms with Gasteiger partial charge in [0.25, 0.3) is 0 Å². The Morgan fingerprint density at radius 3 is 2.12 bits per heavy atom. The lowest BCUT2D eigenvalue weighted by Gasteiger charge is -2.08. The molecule has 3 aromatic carbocycles. The van der Waals surface area contributed by atoms with Crippen molar-refractivity contribution in [2.45, 2.75) is 0 Å². The van der Waals surface area contributed by atoms with Crippen molar-refractivity contribution in [1.29, 1.82) is 0 Å². The molecule has 0 aliphatic heterocycles. The summed E-state index contributed by atoms with van der Waals surface area (Å²) in [6.45, 7) is 0. The van der Waals surface area contributed by atoms with Crippen molar-refractivity contribution in [3.05, 3.63) is 81.2 Å². The molecule has 124 valence electrons. The second-order valence-corrected chi connectivity index (χ2v) is 7.37. The van der Waals surface area contributed by atoms with Gasteiger partial charge < -0.3 is 9.72 Å². The summed E-state index contributed by atoms with van der Waals surface area (Å²) in [4.78, 5) is 3.44. The van der Waals surface area contributed by atoms with Crippen LogP contribution in [0.4, 0.5) is 0 Å². The van der Waals surface area contributed by atoms with Gasteiger partial charge in [0.2, 0.25) is 0 Å². The topological polar surface area (TPSA) is 25.0 Å². The van der Waals surface area contributed by atoms with Gasteiger partial charge in [-0.25, -0.2) is 0 Å². The maximum absolute atomic E-state index is 6.21. The van der Waals surface area contributed by atoms with Gasteiger partial charge in [-0.3, -0.25) is 0 Å². The van der Waals surface area contributed by atoms with E-state index < -0.39 is 0 Å². The molecule has 0 atom stereocenters. The zero-order chi connectivity index (χ0) is 17.4. The van der Waals surface area contributed by atoms with E-state index in [1.165, 1.54) is 0 Å². The summed E-state index contributed by atoms with van der Waals surface area (Å²) < 4.78 is 7.20. The first-order valence-electron chi connectivity index (χ1n) is 7.61. The van der Waals surface area contributed by atoms with Crippen molar-refractivity contribution in [2.75, 3.05) is 0 Å². The maximum atomic E-state index is 6.21. The normalized spacial score (nSPS) is 11.0. The van der Waals surface area contributed by atoms with Gasteiger partial charge in [-0.1, -0.05) is 51.3 Å². The van der Waals surface area contributed by atoms with Gasteiger partial charge >= 0.3 is 0 Å². The largest absolute Gasteiger partial charge is 0.454 e. The molecule has 0 aliphatic carbocycles. The minimum atomic E-state index is 0.673. The van der Waals surface area contributed by atoms with Crippen molar-refractivity contribution in [3.8, 4) is 22.8 Å². The van der Waals surface area contributed by atoms with Crippen LogP contribution in [-0.2, 0) is 0 Å². The summed E-state index contributed by atoms with van der Waals surface area (Å²) in [6.07, 6.45) is 0. The number of hydrogen-bond acceptors (Lipinski definition) is 1. The van der Waals surface area contributed by atoms with Crippen LogP contribution >= 0.6 is 39.1 Å². The highest BCUT2D eigenvalue weighted by atomic mass is 79.9. The Kier molecular flexibility index (Phi) is 4.46. The zero-order valence-corrected chi connectivity index (χ0v) is 16.0. The minimum absolute atomic E-state index is 0.673. The number of aromatic amines is 1. The lowest BCUT2D eigenvalue weighted by Crippen LogP contribution is -1.86. The Bertz CT molecular complexity index is 1040. The Balaban J connectivity index is 1.89. The lowest BCUT2D eigenvalue weighted by molar-refractivity contribution is 0.490. The van der Waals surface area contributed by atoms with E-state index in [1.807, 2.05) is 66.7 Å². The molecule has 5 heteroatoms. The third-order valence-corrected chi connectivity index (χ3v) is 4.88. The monoisotopic (exact) mass is 431 g/mol. The highest BCUT2D eigenvalue weighted by Crippen LogP contribution is 2.41. The van der Waals surface area contributed by atoms with E-state index in [1.54, 1.807) is 0 Å². The number of fused-ring (bicyclic) bond motifs is 1. The van der Waals surface area contributed by atoms with E-state index >= 15 is 0 Å². The predicted molar refractivity (Wildman–Crippen MR) is 108 cm³/mol. The molecule has 4 rings (SSSR count). The van der Waals surface area contributed by atoms with E-state index in [4.69, 9.17) is 27.9 Å². The molecule has 0 spiro atoms. The zero-order valence-electron chi connectivity index (χ0n) is 12.9. The van der Waals surface area contributed by atoms with Crippen LogP contribution in [0.5, 0.6) is 11.5 Å². The third-order valence-electron chi connectivity index (χ3n) is 3.88. The maximum Gasteiger partial charge on any atom is 0.160 e. The van der Waals surface area contributed by atoms with Gasteiger partial charge in [0.15, 0.2) is 5.75 Å². The summed E-state index contributed by atoms with van der Waals surface area (Å²) in [6, 6.07) is 21.0. The molecule has 0 saturated heterocycles. The predicted octanol–water partition coefficient (Wildman–Crippen LogP) is 7.70. The highest BCUT2D eigenvalue weighted by molar-refractivity contribution is 9.10. The minimum Gasteiger partial charge on any atom is -0.454 e. The van der Waals surface area contributed by atoms with Crippen molar-refractivity contribution in [2.24, 2.45) is 0 Å². The van der Waals surface area contributed by atoms with E-state index in [0.717, 1.165) is 38.1 Å². The van der Waals surface area contributed by atoms with Gasteiger partial charge in [0, 0.05) is 31.0 Å². The van der Waals surface area contributed by atoms with Gasteiger partial charge in [-0.05, 0) is 54.6 Å². The van der Waals surface area contributed by atoms with Gasteiger partial charge in [-0.15, -0.1) is 0 Å². The van der Waals surface area contributed by atoms with Gasteiger partial charge in [0.1, 0.15) is 5.75 Å². The SMILES string of the molecule is Clc1ccc(Oc2c(-c3ccc(Cl)cc3)[nH]c3ccc(Br)cc23)cc1. The van der Waals surface area contributed by atoms with Crippen LogP contribution in [0.2, 0.25) is 10.0 Å². The highest BCUT2D eigenvalue weighted by Gasteiger charge is 2.16. The Hall–Kier alpha value is -1.94. The smallest absolute Gasteiger partial charge is 0.160 e. The summed E-state index contributed by atoms with van der Waals surface area (Å²) >= 11 is 15.5. The fourth-order valence-corrected chi connectivity index (χ4v) is 3.30. The molecule has 0 unspecified atom stereocenters. The summed E-state index contributed by atoms with van der Waals surface area (Å²) in [5.74, 6) is 1.49. The molecule has 1 heterocycles. The Labute approximate surface area is 163 Å². The number of nitrogens with one attached hydrogen (secondary N) is 1. The molecule has 0 fully saturated rings. The van der Waals surface area contributed by atoms with Crippen LogP contribution in [-0.4, -0.2) is 4.98 Å². The third kappa shape index (κ3) is 3.40. The summed E-state index contributed by atoms with van der Waals surface area (Å²) in [7, 11) is 0. The second-order valence-electron chi connectivity index (χ2n) is 5.58. The Morgan fingerprint density at radius 1 is 0.800 bits per heavy atom. The van der Waals surface area contributed by atoms with Crippen LogP contribution in [0.25, 0.3) is 22.2 Å². The van der Waals surface area contributed by atoms with Crippen LogP contribution in [0.1, 0.15) is 0 Å². The first-order chi connectivity index (χ1) is 12.1. The summed E-state index contributed by atoms with van der Waals surface area (Å²) in [5, 5.41) is 2.36. The number of aromatic nitrogens is 1. The standard InChI is InChI=1S/C20H12BrCl2NO/c21-13-3-10-18-17(11-13)20(25-16-8-6-15(23)7-9-16)19(24-18)12-1-4-14(22)5-2-12/h1-11,24H. The number of ether oxygens (including phenoxy) is 1. The van der Waals surface area contributed by atoms with Crippen LogP contribution in [0, 0.1) is 0 Å². The molecular formula is C20H12BrCl2NO. The van der Waals surface area contributed by atoms with Crippen molar-refractivity contribution in [1.82, 2.24) is 4.98 Å². The molecular weight excluding hydrogens is 421 g/mol. The fraction of sp³-hybridized carbons (Fsp3) is 0. The second kappa shape index (κ2) is 6.75. The first kappa shape index (κ1) is 16.5. The molecule has 0 amide bonds. The quantitative estimate of drug-likeness (QED) is 0.352. The molecule has 1 N–H and O–H groups in total. The molecule has 1 aromatic heterocycles. The average Bonchev–Trinajstić information content (AvgIpc) is 2.95. The fourth-order valence-electron chi connectivity index (χ4n) is 2.69. The Morgan fingerprint density at radius 2 is 1.44 bits per heavy atom. The van der Waals surface area contributed by atoms with E-state index in [-0.39, 0.29) is 0 Å². The van der Waals surface area contributed by atoms with Crippen LogP contribution < -0.4 is 4.74 Å². The van der Waals surface area contributed by atoms with Gasteiger partial charge in [0.05, 0.1) is 5.69 Å². The average molecular weight is 433 g/mol. The van der Waals surface area contributed by atoms with Crippen molar-refractivity contribution in [3.63, 3.8) is 0 Å². The van der Waals surface area contributed by atoms with Crippen LogP contribution in [0.15, 0.2) is 71.2 Å². The number of hydrogen-bond donors (Lipinski definition) is 1. The van der Waals surface area contributed by atoms with E-state index in [2.05, 4.69) is 20.9 Å². The summed E-state index contributed by atoms with van der Waals surface area (Å²) in [5.41, 5.74) is 2.90.